The van der Waals surface area contributed by atoms with E-state index in [2.05, 4.69) is 15.3 Å². The molecule has 2 N–H and O–H groups in total. The van der Waals surface area contributed by atoms with Gasteiger partial charge in [0.2, 0.25) is 0 Å². The van der Waals surface area contributed by atoms with Gasteiger partial charge in [-0.3, -0.25) is 4.98 Å². The molecule has 0 aliphatic rings. The van der Waals surface area contributed by atoms with Crippen LogP contribution in [0.3, 0.4) is 0 Å². The normalized spacial score (nSPS) is 10.8. The van der Waals surface area contributed by atoms with Crippen molar-refractivity contribution in [3.05, 3.63) is 65.9 Å². The van der Waals surface area contributed by atoms with Crippen LogP contribution in [0.1, 0.15) is 11.3 Å². The molecule has 6 heteroatoms. The average molecular weight is 283 g/mol. The molecule has 0 saturated carbocycles. The minimum atomic E-state index is -0.257. The SMILES string of the molecule is NCc1nnn(Cc2ccc(F)cc2)c1-c1cccnc1. The molecule has 3 rings (SSSR count). The molecular weight excluding hydrogens is 269 g/mol. The van der Waals surface area contributed by atoms with Crippen LogP contribution in [0, 0.1) is 5.82 Å². The Kier molecular flexibility index (Phi) is 3.70. The summed E-state index contributed by atoms with van der Waals surface area (Å²) >= 11 is 0. The smallest absolute Gasteiger partial charge is 0.123 e. The second-order valence-corrected chi connectivity index (χ2v) is 4.61. The van der Waals surface area contributed by atoms with E-state index in [0.717, 1.165) is 16.8 Å². The van der Waals surface area contributed by atoms with Gasteiger partial charge in [-0.2, -0.15) is 0 Å². The minimum Gasteiger partial charge on any atom is -0.325 e. The Hall–Kier alpha value is -2.60. The quantitative estimate of drug-likeness (QED) is 0.795. The average Bonchev–Trinajstić information content (AvgIpc) is 2.93. The summed E-state index contributed by atoms with van der Waals surface area (Å²) in [5.41, 5.74) is 9.13. The molecule has 0 spiro atoms. The fraction of sp³-hybridized carbons (Fsp3) is 0.133. The van der Waals surface area contributed by atoms with E-state index in [-0.39, 0.29) is 5.82 Å². The lowest BCUT2D eigenvalue weighted by Crippen LogP contribution is -2.06. The molecule has 106 valence electrons. The number of pyridine rings is 1. The highest BCUT2D eigenvalue weighted by Crippen LogP contribution is 2.22. The van der Waals surface area contributed by atoms with Gasteiger partial charge in [-0.25, -0.2) is 9.07 Å². The lowest BCUT2D eigenvalue weighted by atomic mass is 10.1. The van der Waals surface area contributed by atoms with E-state index in [9.17, 15) is 4.39 Å². The summed E-state index contributed by atoms with van der Waals surface area (Å²) < 4.78 is 14.7. The first-order valence-electron chi connectivity index (χ1n) is 6.55. The van der Waals surface area contributed by atoms with Crippen molar-refractivity contribution in [1.82, 2.24) is 20.0 Å². The Morgan fingerprint density at radius 2 is 1.95 bits per heavy atom. The number of nitrogens with zero attached hydrogens (tertiary/aromatic N) is 4. The summed E-state index contributed by atoms with van der Waals surface area (Å²) in [7, 11) is 0. The first-order chi connectivity index (χ1) is 10.3. The van der Waals surface area contributed by atoms with Gasteiger partial charge in [-0.1, -0.05) is 17.3 Å². The first-order valence-corrected chi connectivity index (χ1v) is 6.55. The van der Waals surface area contributed by atoms with Crippen LogP contribution >= 0.6 is 0 Å². The first kappa shape index (κ1) is 13.4. The highest BCUT2D eigenvalue weighted by molar-refractivity contribution is 5.60. The molecular formula is C15H14FN5. The number of benzene rings is 1. The molecule has 21 heavy (non-hydrogen) atoms. The van der Waals surface area contributed by atoms with Crippen molar-refractivity contribution < 1.29 is 4.39 Å². The van der Waals surface area contributed by atoms with Gasteiger partial charge >= 0.3 is 0 Å². The highest BCUT2D eigenvalue weighted by atomic mass is 19.1. The van der Waals surface area contributed by atoms with Crippen LogP contribution in [0.2, 0.25) is 0 Å². The van der Waals surface area contributed by atoms with Crippen molar-refractivity contribution in [1.29, 1.82) is 0 Å². The van der Waals surface area contributed by atoms with Gasteiger partial charge in [0.25, 0.3) is 0 Å². The summed E-state index contributed by atoms with van der Waals surface area (Å²) in [6.07, 6.45) is 3.46. The summed E-state index contributed by atoms with van der Waals surface area (Å²) in [5.74, 6) is -0.257. The van der Waals surface area contributed by atoms with Crippen LogP contribution in [-0.4, -0.2) is 20.0 Å². The largest absolute Gasteiger partial charge is 0.325 e. The van der Waals surface area contributed by atoms with Crippen molar-refractivity contribution in [2.75, 3.05) is 0 Å². The second-order valence-electron chi connectivity index (χ2n) is 4.61. The number of aromatic nitrogens is 4. The van der Waals surface area contributed by atoms with Gasteiger partial charge in [-0.05, 0) is 29.8 Å². The highest BCUT2D eigenvalue weighted by Gasteiger charge is 2.14. The molecule has 0 aliphatic heterocycles. The van der Waals surface area contributed by atoms with Gasteiger partial charge in [0.05, 0.1) is 12.2 Å². The zero-order valence-electron chi connectivity index (χ0n) is 11.3. The molecule has 1 aromatic carbocycles. The fourth-order valence-corrected chi connectivity index (χ4v) is 2.18. The van der Waals surface area contributed by atoms with Crippen LogP contribution in [0.4, 0.5) is 4.39 Å². The van der Waals surface area contributed by atoms with Crippen molar-refractivity contribution >= 4 is 0 Å². The molecule has 0 saturated heterocycles. The van der Waals surface area contributed by atoms with Crippen molar-refractivity contribution in [2.45, 2.75) is 13.1 Å². The van der Waals surface area contributed by atoms with E-state index in [0.29, 0.717) is 18.8 Å². The third kappa shape index (κ3) is 2.80. The van der Waals surface area contributed by atoms with Gasteiger partial charge in [0, 0.05) is 24.5 Å². The maximum absolute atomic E-state index is 13.0. The lowest BCUT2D eigenvalue weighted by Gasteiger charge is -2.07. The van der Waals surface area contributed by atoms with Gasteiger partial charge in [0.15, 0.2) is 0 Å². The van der Waals surface area contributed by atoms with E-state index >= 15 is 0 Å². The molecule has 0 unspecified atom stereocenters. The van der Waals surface area contributed by atoms with Crippen LogP contribution in [0.5, 0.6) is 0 Å². The molecule has 0 radical (unpaired) electrons. The number of hydrogen-bond acceptors (Lipinski definition) is 4. The van der Waals surface area contributed by atoms with Gasteiger partial charge < -0.3 is 5.73 Å². The summed E-state index contributed by atoms with van der Waals surface area (Å²) in [5, 5.41) is 8.26. The molecule has 0 amide bonds. The standard InChI is InChI=1S/C15H14FN5/c16-13-5-3-11(4-6-13)10-21-15(14(8-17)19-20-21)12-2-1-7-18-9-12/h1-7,9H,8,10,17H2. The van der Waals surface area contributed by atoms with Crippen LogP contribution in [0.15, 0.2) is 48.8 Å². The minimum absolute atomic E-state index is 0.257. The summed E-state index contributed by atoms with van der Waals surface area (Å²) in [4.78, 5) is 4.12. The molecule has 2 heterocycles. The van der Waals surface area contributed by atoms with Crippen molar-refractivity contribution in [2.24, 2.45) is 5.73 Å². The molecule has 3 aromatic rings. The fourth-order valence-electron chi connectivity index (χ4n) is 2.18. The zero-order chi connectivity index (χ0) is 14.7. The Labute approximate surface area is 121 Å². The number of rotatable bonds is 4. The van der Waals surface area contributed by atoms with E-state index in [4.69, 9.17) is 5.73 Å². The third-order valence-corrected chi connectivity index (χ3v) is 3.18. The maximum Gasteiger partial charge on any atom is 0.123 e. The third-order valence-electron chi connectivity index (χ3n) is 3.18. The predicted molar refractivity (Wildman–Crippen MR) is 76.6 cm³/mol. The Balaban J connectivity index is 1.99. The van der Waals surface area contributed by atoms with Crippen LogP contribution < -0.4 is 5.73 Å². The predicted octanol–water partition coefficient (Wildman–Crippen LogP) is 1.99. The topological polar surface area (TPSA) is 69.6 Å². The van der Waals surface area contributed by atoms with Crippen LogP contribution in [-0.2, 0) is 13.1 Å². The molecule has 0 aliphatic carbocycles. The maximum atomic E-state index is 13.0. The van der Waals surface area contributed by atoms with E-state index in [1.165, 1.54) is 12.1 Å². The van der Waals surface area contributed by atoms with E-state index in [1.54, 1.807) is 29.2 Å². The lowest BCUT2D eigenvalue weighted by molar-refractivity contribution is 0.622. The van der Waals surface area contributed by atoms with Crippen LogP contribution in [0.25, 0.3) is 11.3 Å². The Bertz CT molecular complexity index is 722. The Morgan fingerprint density at radius 3 is 2.62 bits per heavy atom. The summed E-state index contributed by atoms with van der Waals surface area (Å²) in [6.45, 7) is 0.797. The monoisotopic (exact) mass is 283 g/mol. The van der Waals surface area contributed by atoms with Crippen molar-refractivity contribution in [3.8, 4) is 11.3 Å². The van der Waals surface area contributed by atoms with E-state index in [1.807, 2.05) is 12.1 Å². The number of nitrogens with two attached hydrogens (primary N) is 1. The van der Waals surface area contributed by atoms with E-state index < -0.39 is 0 Å². The molecule has 5 nitrogen and oxygen atoms in total. The van der Waals surface area contributed by atoms with Crippen molar-refractivity contribution in [3.63, 3.8) is 0 Å². The molecule has 0 fully saturated rings. The summed E-state index contributed by atoms with van der Waals surface area (Å²) in [6, 6.07) is 10.1. The molecule has 0 atom stereocenters. The van der Waals surface area contributed by atoms with Gasteiger partial charge in [0.1, 0.15) is 11.5 Å². The number of halogens is 1. The Morgan fingerprint density at radius 1 is 1.14 bits per heavy atom. The van der Waals surface area contributed by atoms with Gasteiger partial charge in [-0.15, -0.1) is 5.10 Å². The molecule has 2 aromatic heterocycles. The zero-order valence-corrected chi connectivity index (χ0v) is 11.3. The second kappa shape index (κ2) is 5.80. The molecule has 0 bridgehead atoms. The number of hydrogen-bond donors (Lipinski definition) is 1.